The number of benzene rings is 1. The lowest BCUT2D eigenvalue weighted by Gasteiger charge is -2.31. The number of allylic oxidation sites excluding steroid dienone is 4. The first kappa shape index (κ1) is 24.4. The van der Waals surface area contributed by atoms with E-state index < -0.39 is 0 Å². The van der Waals surface area contributed by atoms with E-state index in [1.165, 1.54) is 34.5 Å². The smallest absolute Gasteiger partial charge is 0.0570 e. The van der Waals surface area contributed by atoms with Crippen molar-refractivity contribution in [3.8, 4) is 23.7 Å². The quantitative estimate of drug-likeness (QED) is 0.261. The molecule has 3 rings (SSSR count). The van der Waals surface area contributed by atoms with Crippen molar-refractivity contribution in [2.24, 2.45) is 0 Å². The Balaban J connectivity index is 0.000000501. The molecule has 1 heteroatoms. The molecule has 0 unspecified atom stereocenters. The molecular formula is C30H37N. The molecule has 0 saturated heterocycles. The Hall–Kier alpha value is -2.90. The summed E-state index contributed by atoms with van der Waals surface area (Å²) in [4.78, 5) is 2.37. The van der Waals surface area contributed by atoms with Gasteiger partial charge in [0.15, 0.2) is 0 Å². The van der Waals surface area contributed by atoms with Gasteiger partial charge in [-0.1, -0.05) is 62.1 Å². The fraction of sp³-hybridized carbons (Fsp3) is 0.400. The van der Waals surface area contributed by atoms with Crippen LogP contribution >= 0.6 is 0 Å². The molecule has 1 nitrogen and oxygen atoms in total. The van der Waals surface area contributed by atoms with Gasteiger partial charge in [-0.3, -0.25) is 0 Å². The summed E-state index contributed by atoms with van der Waals surface area (Å²) in [6.45, 7) is 15.5. The van der Waals surface area contributed by atoms with Crippen molar-refractivity contribution in [2.75, 3.05) is 11.4 Å². The van der Waals surface area contributed by atoms with Gasteiger partial charge in [0.1, 0.15) is 0 Å². The van der Waals surface area contributed by atoms with E-state index in [-0.39, 0.29) is 0 Å². The van der Waals surface area contributed by atoms with Gasteiger partial charge in [-0.15, -0.1) is 18.4 Å². The minimum absolute atomic E-state index is 0.872. The van der Waals surface area contributed by atoms with E-state index in [1.54, 1.807) is 0 Å². The normalized spacial score (nSPS) is 13.7. The number of unbranched alkanes of at least 4 members (excludes halogenated alkanes) is 1. The van der Waals surface area contributed by atoms with E-state index in [9.17, 15) is 0 Å². The minimum Gasteiger partial charge on any atom is -0.340 e. The highest BCUT2D eigenvalue weighted by molar-refractivity contribution is 5.68. The average Bonchev–Trinajstić information content (AvgIpc) is 2.77. The molecule has 1 aliphatic carbocycles. The molecule has 0 N–H and O–H groups in total. The first-order chi connectivity index (χ1) is 15.1. The summed E-state index contributed by atoms with van der Waals surface area (Å²) < 4.78 is 0. The number of para-hydroxylation sites is 1. The van der Waals surface area contributed by atoms with E-state index in [1.807, 2.05) is 0 Å². The van der Waals surface area contributed by atoms with Gasteiger partial charge in [0, 0.05) is 36.2 Å². The molecule has 0 aromatic heterocycles. The first-order valence-electron chi connectivity index (χ1n) is 11.6. The Bertz CT molecular complexity index is 941. The molecule has 0 fully saturated rings. The fourth-order valence-corrected chi connectivity index (χ4v) is 3.64. The van der Waals surface area contributed by atoms with Crippen LogP contribution in [0.2, 0.25) is 0 Å². The van der Waals surface area contributed by atoms with Gasteiger partial charge in [-0.2, -0.15) is 0 Å². The molecule has 0 atom stereocenters. The van der Waals surface area contributed by atoms with Crippen molar-refractivity contribution in [1.82, 2.24) is 0 Å². The molecule has 0 radical (unpaired) electrons. The van der Waals surface area contributed by atoms with Crippen LogP contribution in [-0.4, -0.2) is 6.54 Å². The van der Waals surface area contributed by atoms with Crippen molar-refractivity contribution in [3.63, 3.8) is 0 Å². The summed E-state index contributed by atoms with van der Waals surface area (Å²) >= 11 is 0. The predicted octanol–water partition coefficient (Wildman–Crippen LogP) is 7.96. The summed E-state index contributed by atoms with van der Waals surface area (Å²) in [5.41, 5.74) is 7.27. The van der Waals surface area contributed by atoms with Crippen LogP contribution in [0.3, 0.4) is 0 Å². The third-order valence-corrected chi connectivity index (χ3v) is 5.29. The molecule has 0 bridgehead atoms. The van der Waals surface area contributed by atoms with E-state index >= 15 is 0 Å². The summed E-state index contributed by atoms with van der Waals surface area (Å²) in [6, 6.07) is 8.44. The van der Waals surface area contributed by atoms with Crippen LogP contribution < -0.4 is 4.90 Å². The number of fused-ring (bicyclic) bond motifs is 2. The second-order valence-electron chi connectivity index (χ2n) is 8.07. The monoisotopic (exact) mass is 411 g/mol. The van der Waals surface area contributed by atoms with Gasteiger partial charge in [0.05, 0.1) is 5.69 Å². The number of hydrogen-bond acceptors (Lipinski definition) is 1. The van der Waals surface area contributed by atoms with E-state index in [0.29, 0.717) is 0 Å². The summed E-state index contributed by atoms with van der Waals surface area (Å²) in [7, 11) is 0. The fourth-order valence-electron chi connectivity index (χ4n) is 3.64. The summed E-state index contributed by atoms with van der Waals surface area (Å²) in [5, 5.41) is 0. The zero-order chi connectivity index (χ0) is 22.5. The first-order valence-corrected chi connectivity index (χ1v) is 11.6. The van der Waals surface area contributed by atoms with Gasteiger partial charge < -0.3 is 4.90 Å². The Kier molecular flexibility index (Phi) is 10.5. The minimum atomic E-state index is 0.872. The van der Waals surface area contributed by atoms with Crippen molar-refractivity contribution in [3.05, 3.63) is 77.6 Å². The second kappa shape index (κ2) is 13.4. The predicted molar refractivity (Wildman–Crippen MR) is 137 cm³/mol. The highest BCUT2D eigenvalue weighted by Crippen LogP contribution is 2.31. The standard InChI is InChI=1S/C24H27N.C6H10/c1-19(2)10-4-5-11-20(3)25-18-23-14-7-6-12-21(23)16-17-22-13-8-9-15-24(22)25;1-3-5-6-4-2/h8-9,12-15H,1,3-7,10-11,18H2,2H3;3-4H2,1-2H3. The Morgan fingerprint density at radius 1 is 0.968 bits per heavy atom. The molecule has 1 aliphatic heterocycles. The Morgan fingerprint density at radius 2 is 1.65 bits per heavy atom. The zero-order valence-corrected chi connectivity index (χ0v) is 19.7. The molecule has 162 valence electrons. The molecule has 0 saturated carbocycles. The molecule has 1 heterocycles. The molecule has 31 heavy (non-hydrogen) atoms. The lowest BCUT2D eigenvalue weighted by atomic mass is 9.95. The van der Waals surface area contributed by atoms with Gasteiger partial charge in [0.25, 0.3) is 0 Å². The maximum Gasteiger partial charge on any atom is 0.0570 e. The van der Waals surface area contributed by atoms with Crippen LogP contribution in [0.5, 0.6) is 0 Å². The van der Waals surface area contributed by atoms with Crippen LogP contribution in [0, 0.1) is 23.7 Å². The van der Waals surface area contributed by atoms with Crippen LogP contribution in [0.15, 0.2) is 72.0 Å². The lowest BCUT2D eigenvalue weighted by molar-refractivity contribution is 0.710. The molecule has 1 aromatic rings. The van der Waals surface area contributed by atoms with Crippen molar-refractivity contribution in [2.45, 2.75) is 72.1 Å². The van der Waals surface area contributed by atoms with Crippen molar-refractivity contribution >= 4 is 5.69 Å². The molecular weight excluding hydrogens is 374 g/mol. The number of anilines is 1. The number of rotatable bonds is 6. The summed E-state index contributed by atoms with van der Waals surface area (Å²) in [5.74, 6) is 12.7. The Labute approximate surface area is 190 Å². The SMILES string of the molecule is C=C(C)CCCCC(=C)N1CC2=CCCC=C2C#Cc2ccccc21.CCC#CCC. The van der Waals surface area contributed by atoms with Crippen molar-refractivity contribution < 1.29 is 0 Å². The third kappa shape index (κ3) is 8.03. The van der Waals surface area contributed by atoms with E-state index in [2.05, 4.69) is 98.9 Å². The van der Waals surface area contributed by atoms with E-state index in [0.717, 1.165) is 57.1 Å². The van der Waals surface area contributed by atoms with Crippen LogP contribution in [0.25, 0.3) is 0 Å². The zero-order valence-electron chi connectivity index (χ0n) is 19.7. The average molecular weight is 412 g/mol. The molecule has 1 aromatic carbocycles. The van der Waals surface area contributed by atoms with E-state index in [4.69, 9.17) is 0 Å². The number of hydrogen-bond donors (Lipinski definition) is 0. The van der Waals surface area contributed by atoms with Gasteiger partial charge >= 0.3 is 0 Å². The molecule has 2 aliphatic rings. The van der Waals surface area contributed by atoms with Gasteiger partial charge in [-0.25, -0.2) is 0 Å². The molecule has 0 amide bonds. The highest BCUT2D eigenvalue weighted by Gasteiger charge is 2.19. The maximum atomic E-state index is 4.41. The topological polar surface area (TPSA) is 3.24 Å². The van der Waals surface area contributed by atoms with Crippen LogP contribution in [0.1, 0.15) is 77.7 Å². The largest absolute Gasteiger partial charge is 0.340 e. The molecule has 0 spiro atoms. The summed E-state index contributed by atoms with van der Waals surface area (Å²) in [6.07, 6.45) is 13.3. The maximum absolute atomic E-state index is 4.41. The third-order valence-electron chi connectivity index (χ3n) is 5.29. The van der Waals surface area contributed by atoms with Crippen molar-refractivity contribution in [1.29, 1.82) is 0 Å². The van der Waals surface area contributed by atoms with Crippen LogP contribution in [-0.2, 0) is 0 Å². The van der Waals surface area contributed by atoms with Gasteiger partial charge in [0.2, 0.25) is 0 Å². The Morgan fingerprint density at radius 3 is 2.35 bits per heavy atom. The lowest BCUT2D eigenvalue weighted by Crippen LogP contribution is -2.27. The second-order valence-corrected chi connectivity index (χ2v) is 8.07. The highest BCUT2D eigenvalue weighted by atomic mass is 15.1. The van der Waals surface area contributed by atoms with Crippen LogP contribution in [0.4, 0.5) is 5.69 Å². The van der Waals surface area contributed by atoms with Gasteiger partial charge in [-0.05, 0) is 63.2 Å². The number of nitrogens with zero attached hydrogens (tertiary/aromatic N) is 1.